The number of nitrogens with two attached hydrogens (primary N) is 1. The summed E-state index contributed by atoms with van der Waals surface area (Å²) in [5, 5.41) is 8.76. The average Bonchev–Trinajstić information content (AvgIpc) is 2.62. The van der Waals surface area contributed by atoms with Gasteiger partial charge in [0.15, 0.2) is 0 Å². The van der Waals surface area contributed by atoms with Gasteiger partial charge in [0, 0.05) is 19.0 Å². The van der Waals surface area contributed by atoms with Crippen LogP contribution in [0.5, 0.6) is 0 Å². The summed E-state index contributed by atoms with van der Waals surface area (Å²) in [7, 11) is 0. The van der Waals surface area contributed by atoms with Crippen LogP contribution in [0.1, 0.15) is 19.8 Å². The van der Waals surface area contributed by atoms with Crippen LogP contribution in [0.4, 0.5) is 0 Å². The fourth-order valence-electron chi connectivity index (χ4n) is 1.55. The van der Waals surface area contributed by atoms with Gasteiger partial charge in [0.25, 0.3) is 0 Å². The highest BCUT2D eigenvalue weighted by Gasteiger charge is 2.30. The van der Waals surface area contributed by atoms with Crippen molar-refractivity contribution in [3.05, 3.63) is 0 Å². The van der Waals surface area contributed by atoms with E-state index in [0.717, 1.165) is 12.8 Å². The molecule has 1 aliphatic rings. The van der Waals surface area contributed by atoms with Gasteiger partial charge in [0.05, 0.1) is 6.07 Å². The van der Waals surface area contributed by atoms with Crippen molar-refractivity contribution in [2.75, 3.05) is 13.1 Å². The number of amides is 1. The normalized spacial score (nSPS) is 24.1. The van der Waals surface area contributed by atoms with Crippen molar-refractivity contribution in [3.8, 4) is 6.07 Å². The standard InChI is InChI=1S/C9H15N3O/c1-7(5-10)9(13)12-4-2-3-8(12)6-11/h7-8H,2-5,10H2,1H3/t7-,8-/m0/s1. The number of likely N-dealkylation sites (tertiary alicyclic amines) is 1. The fraction of sp³-hybridized carbons (Fsp3) is 0.778. The predicted molar refractivity (Wildman–Crippen MR) is 48.6 cm³/mol. The van der Waals surface area contributed by atoms with E-state index in [1.165, 1.54) is 0 Å². The Morgan fingerprint density at radius 1 is 1.85 bits per heavy atom. The molecule has 1 amide bonds. The van der Waals surface area contributed by atoms with Crippen molar-refractivity contribution >= 4 is 5.91 Å². The maximum absolute atomic E-state index is 11.6. The summed E-state index contributed by atoms with van der Waals surface area (Å²) in [6.07, 6.45) is 1.74. The molecular formula is C9H15N3O. The quantitative estimate of drug-likeness (QED) is 0.656. The SMILES string of the molecule is C[C@@H](CN)C(=O)N1CCC[C@H]1C#N. The van der Waals surface area contributed by atoms with Crippen LogP contribution in [0.3, 0.4) is 0 Å². The summed E-state index contributed by atoms with van der Waals surface area (Å²) in [6.45, 7) is 2.87. The molecule has 0 bridgehead atoms. The molecule has 0 spiro atoms. The summed E-state index contributed by atoms with van der Waals surface area (Å²) in [4.78, 5) is 13.3. The maximum atomic E-state index is 11.6. The van der Waals surface area contributed by atoms with Crippen LogP contribution in [0, 0.1) is 17.2 Å². The van der Waals surface area contributed by atoms with E-state index in [2.05, 4.69) is 6.07 Å². The zero-order chi connectivity index (χ0) is 9.84. The third-order valence-electron chi connectivity index (χ3n) is 2.46. The van der Waals surface area contributed by atoms with E-state index in [4.69, 9.17) is 11.0 Å². The Morgan fingerprint density at radius 3 is 3.08 bits per heavy atom. The van der Waals surface area contributed by atoms with E-state index >= 15 is 0 Å². The highest BCUT2D eigenvalue weighted by atomic mass is 16.2. The molecule has 4 nitrogen and oxygen atoms in total. The Kier molecular flexibility index (Phi) is 3.26. The van der Waals surface area contributed by atoms with Gasteiger partial charge in [-0.15, -0.1) is 0 Å². The van der Waals surface area contributed by atoms with Crippen molar-refractivity contribution < 1.29 is 4.79 Å². The molecule has 0 aliphatic carbocycles. The number of rotatable bonds is 2. The van der Waals surface area contributed by atoms with Crippen LogP contribution in [-0.4, -0.2) is 29.9 Å². The molecule has 1 saturated heterocycles. The molecule has 13 heavy (non-hydrogen) atoms. The molecule has 0 saturated carbocycles. The lowest BCUT2D eigenvalue weighted by Crippen LogP contribution is -2.40. The molecule has 0 radical (unpaired) electrons. The van der Waals surface area contributed by atoms with Gasteiger partial charge in [0.2, 0.25) is 5.91 Å². The van der Waals surface area contributed by atoms with E-state index in [1.807, 2.05) is 0 Å². The number of hydrogen-bond acceptors (Lipinski definition) is 3. The van der Waals surface area contributed by atoms with Crippen LogP contribution < -0.4 is 5.73 Å². The number of nitrogens with zero attached hydrogens (tertiary/aromatic N) is 2. The monoisotopic (exact) mass is 181 g/mol. The Morgan fingerprint density at radius 2 is 2.54 bits per heavy atom. The van der Waals surface area contributed by atoms with E-state index in [0.29, 0.717) is 13.1 Å². The lowest BCUT2D eigenvalue weighted by molar-refractivity contribution is -0.134. The van der Waals surface area contributed by atoms with Crippen LogP contribution in [0.2, 0.25) is 0 Å². The Hall–Kier alpha value is -1.08. The molecule has 0 aromatic rings. The van der Waals surface area contributed by atoms with Gasteiger partial charge >= 0.3 is 0 Å². The van der Waals surface area contributed by atoms with Crippen LogP contribution >= 0.6 is 0 Å². The summed E-state index contributed by atoms with van der Waals surface area (Å²) < 4.78 is 0. The molecule has 1 fully saturated rings. The lowest BCUT2D eigenvalue weighted by Gasteiger charge is -2.22. The molecule has 4 heteroatoms. The summed E-state index contributed by atoms with van der Waals surface area (Å²) in [6, 6.07) is 1.92. The van der Waals surface area contributed by atoms with Crippen LogP contribution in [-0.2, 0) is 4.79 Å². The van der Waals surface area contributed by atoms with E-state index < -0.39 is 0 Å². The van der Waals surface area contributed by atoms with Crippen molar-refractivity contribution in [2.24, 2.45) is 11.7 Å². The number of carbonyl (C=O) groups excluding carboxylic acids is 1. The van der Waals surface area contributed by atoms with Gasteiger partial charge in [-0.2, -0.15) is 5.26 Å². The topological polar surface area (TPSA) is 70.1 Å². The largest absolute Gasteiger partial charge is 0.330 e. The van der Waals surface area contributed by atoms with Crippen molar-refractivity contribution in [3.63, 3.8) is 0 Å². The van der Waals surface area contributed by atoms with Gasteiger partial charge < -0.3 is 10.6 Å². The smallest absolute Gasteiger partial charge is 0.227 e. The zero-order valence-corrected chi connectivity index (χ0v) is 7.86. The van der Waals surface area contributed by atoms with Crippen LogP contribution in [0.25, 0.3) is 0 Å². The van der Waals surface area contributed by atoms with E-state index in [-0.39, 0.29) is 17.9 Å². The van der Waals surface area contributed by atoms with Crippen LogP contribution in [0.15, 0.2) is 0 Å². The average molecular weight is 181 g/mol. The van der Waals surface area contributed by atoms with Crippen molar-refractivity contribution in [1.29, 1.82) is 5.26 Å². The van der Waals surface area contributed by atoms with Gasteiger partial charge in [-0.3, -0.25) is 4.79 Å². The number of hydrogen-bond donors (Lipinski definition) is 1. The van der Waals surface area contributed by atoms with Gasteiger partial charge in [-0.1, -0.05) is 6.92 Å². The molecule has 1 aliphatic heterocycles. The third kappa shape index (κ3) is 1.99. The highest BCUT2D eigenvalue weighted by Crippen LogP contribution is 2.18. The number of nitriles is 1. The molecular weight excluding hydrogens is 166 g/mol. The molecule has 2 N–H and O–H groups in total. The van der Waals surface area contributed by atoms with Gasteiger partial charge in [-0.25, -0.2) is 0 Å². The van der Waals surface area contributed by atoms with Crippen molar-refractivity contribution in [2.45, 2.75) is 25.8 Å². The molecule has 0 unspecified atom stereocenters. The first-order chi connectivity index (χ1) is 6.20. The van der Waals surface area contributed by atoms with Gasteiger partial charge in [0.1, 0.15) is 6.04 Å². The van der Waals surface area contributed by atoms with Crippen molar-refractivity contribution in [1.82, 2.24) is 4.90 Å². The second kappa shape index (κ2) is 4.24. The zero-order valence-electron chi connectivity index (χ0n) is 7.86. The molecule has 72 valence electrons. The lowest BCUT2D eigenvalue weighted by atomic mass is 10.1. The first-order valence-corrected chi connectivity index (χ1v) is 4.61. The minimum absolute atomic E-state index is 0.0200. The summed E-state index contributed by atoms with van der Waals surface area (Å²) in [5.41, 5.74) is 5.40. The summed E-state index contributed by atoms with van der Waals surface area (Å²) in [5.74, 6) is -0.138. The predicted octanol–water partition coefficient (Wildman–Crippen LogP) is 0.0958. The fourth-order valence-corrected chi connectivity index (χ4v) is 1.55. The first kappa shape index (κ1) is 10.0. The second-order valence-electron chi connectivity index (χ2n) is 3.46. The molecule has 0 aromatic heterocycles. The molecule has 0 aromatic carbocycles. The maximum Gasteiger partial charge on any atom is 0.227 e. The highest BCUT2D eigenvalue weighted by molar-refractivity contribution is 5.79. The minimum Gasteiger partial charge on any atom is -0.330 e. The Balaban J connectivity index is 2.61. The molecule has 1 heterocycles. The van der Waals surface area contributed by atoms with E-state index in [1.54, 1.807) is 11.8 Å². The third-order valence-corrected chi connectivity index (χ3v) is 2.46. The second-order valence-corrected chi connectivity index (χ2v) is 3.46. The summed E-state index contributed by atoms with van der Waals surface area (Å²) >= 11 is 0. The van der Waals surface area contributed by atoms with E-state index in [9.17, 15) is 4.79 Å². The first-order valence-electron chi connectivity index (χ1n) is 4.61. The number of carbonyl (C=O) groups is 1. The Bertz CT molecular complexity index is 234. The minimum atomic E-state index is -0.221. The van der Waals surface area contributed by atoms with Gasteiger partial charge in [-0.05, 0) is 12.8 Å². The Labute approximate surface area is 78.3 Å². The molecule has 1 rings (SSSR count). The molecule has 2 atom stereocenters.